The summed E-state index contributed by atoms with van der Waals surface area (Å²) in [6.45, 7) is 1.84. The third-order valence-corrected chi connectivity index (χ3v) is 3.43. The van der Waals surface area contributed by atoms with Gasteiger partial charge in [0.15, 0.2) is 5.78 Å². The number of hydrogen-bond acceptors (Lipinski definition) is 1. The van der Waals surface area contributed by atoms with Crippen LogP contribution in [0.1, 0.15) is 21.5 Å². The molecule has 0 radical (unpaired) electrons. The van der Waals surface area contributed by atoms with E-state index in [0.717, 1.165) is 28.2 Å². The number of hydrogen-bond donors (Lipinski definition) is 0. The molecule has 0 aliphatic rings. The van der Waals surface area contributed by atoms with Crippen LogP contribution in [-0.2, 0) is 0 Å². The van der Waals surface area contributed by atoms with Crippen molar-refractivity contribution in [2.24, 2.45) is 0 Å². The Hall–Kier alpha value is -1.55. The first-order chi connectivity index (χ1) is 8.47. The molecule has 0 atom stereocenters. The highest BCUT2D eigenvalue weighted by molar-refractivity contribution is 9.10. The highest BCUT2D eigenvalue weighted by Crippen LogP contribution is 2.20. The molecule has 2 rings (SSSR count). The van der Waals surface area contributed by atoms with E-state index in [1.54, 1.807) is 18.2 Å². The maximum absolute atomic E-state index is 13.0. The summed E-state index contributed by atoms with van der Waals surface area (Å²) < 4.78 is 27.0. The fourth-order valence-electron chi connectivity index (χ4n) is 1.64. The second-order valence-corrected chi connectivity index (χ2v) is 4.81. The van der Waals surface area contributed by atoms with Gasteiger partial charge in [-0.2, -0.15) is 0 Å². The van der Waals surface area contributed by atoms with Gasteiger partial charge in [0.1, 0.15) is 11.6 Å². The molecule has 0 N–H and O–H groups in total. The lowest BCUT2D eigenvalue weighted by Crippen LogP contribution is -2.03. The maximum Gasteiger partial charge on any atom is 0.193 e. The molecule has 0 heterocycles. The van der Waals surface area contributed by atoms with Crippen LogP contribution in [-0.4, -0.2) is 5.78 Å². The highest BCUT2D eigenvalue weighted by Gasteiger charge is 2.12. The van der Waals surface area contributed by atoms with Gasteiger partial charge < -0.3 is 0 Å². The van der Waals surface area contributed by atoms with Crippen molar-refractivity contribution in [2.75, 3.05) is 0 Å². The summed E-state index contributed by atoms with van der Waals surface area (Å²) in [7, 11) is 0. The zero-order valence-corrected chi connectivity index (χ0v) is 11.1. The van der Waals surface area contributed by atoms with E-state index in [4.69, 9.17) is 0 Å². The average molecular weight is 311 g/mol. The van der Waals surface area contributed by atoms with Crippen molar-refractivity contribution < 1.29 is 13.6 Å². The van der Waals surface area contributed by atoms with Crippen LogP contribution in [0, 0.1) is 18.6 Å². The molecule has 2 aromatic carbocycles. The Balaban J connectivity index is 2.44. The van der Waals surface area contributed by atoms with E-state index in [-0.39, 0.29) is 5.56 Å². The minimum Gasteiger partial charge on any atom is -0.289 e. The lowest BCUT2D eigenvalue weighted by Gasteiger charge is -2.04. The van der Waals surface area contributed by atoms with Crippen LogP contribution in [0.3, 0.4) is 0 Å². The lowest BCUT2D eigenvalue weighted by molar-refractivity contribution is 0.103. The molecule has 4 heteroatoms. The molecule has 0 saturated carbocycles. The molecule has 0 amide bonds. The van der Waals surface area contributed by atoms with Crippen LogP contribution >= 0.6 is 15.9 Å². The third-order valence-electron chi connectivity index (χ3n) is 2.54. The van der Waals surface area contributed by atoms with E-state index in [2.05, 4.69) is 15.9 Å². The fourth-order valence-corrected chi connectivity index (χ4v) is 1.88. The zero-order valence-electron chi connectivity index (χ0n) is 9.51. The Morgan fingerprint density at radius 3 is 2.17 bits per heavy atom. The zero-order chi connectivity index (χ0) is 13.3. The number of ketones is 1. The van der Waals surface area contributed by atoms with Crippen molar-refractivity contribution in [3.63, 3.8) is 0 Å². The molecule has 0 unspecified atom stereocenters. The molecule has 0 saturated heterocycles. The predicted molar refractivity (Wildman–Crippen MR) is 68.7 cm³/mol. The average Bonchev–Trinajstić information content (AvgIpc) is 2.30. The van der Waals surface area contributed by atoms with Gasteiger partial charge in [0, 0.05) is 21.7 Å². The minimum absolute atomic E-state index is 0.00854. The molecule has 2 aromatic rings. The lowest BCUT2D eigenvalue weighted by atomic mass is 10.0. The molecule has 1 nitrogen and oxygen atoms in total. The number of halogens is 3. The first-order valence-corrected chi connectivity index (χ1v) is 6.03. The Kier molecular flexibility index (Phi) is 3.57. The van der Waals surface area contributed by atoms with E-state index < -0.39 is 17.4 Å². The Labute approximate surface area is 112 Å². The summed E-state index contributed by atoms with van der Waals surface area (Å²) in [5, 5.41) is 0. The van der Waals surface area contributed by atoms with Gasteiger partial charge in [0.05, 0.1) is 0 Å². The number of carbonyl (C=O) groups is 1. The topological polar surface area (TPSA) is 17.1 Å². The molecule has 0 aliphatic heterocycles. The second-order valence-electron chi connectivity index (χ2n) is 3.95. The first kappa shape index (κ1) is 12.9. The molecular weight excluding hydrogens is 302 g/mol. The van der Waals surface area contributed by atoms with Gasteiger partial charge >= 0.3 is 0 Å². The number of benzene rings is 2. The maximum atomic E-state index is 13.0. The van der Waals surface area contributed by atoms with Crippen LogP contribution in [0.4, 0.5) is 8.78 Å². The Morgan fingerprint density at radius 1 is 1.00 bits per heavy atom. The van der Waals surface area contributed by atoms with E-state index in [1.165, 1.54) is 0 Å². The summed E-state index contributed by atoms with van der Waals surface area (Å²) in [5.74, 6) is -1.91. The second kappa shape index (κ2) is 4.98. The van der Waals surface area contributed by atoms with Crippen LogP contribution in [0.2, 0.25) is 0 Å². The fraction of sp³-hybridized carbons (Fsp3) is 0.0714. The van der Waals surface area contributed by atoms with Gasteiger partial charge in [-0.15, -0.1) is 0 Å². The Morgan fingerprint density at radius 2 is 1.61 bits per heavy atom. The van der Waals surface area contributed by atoms with Gasteiger partial charge in [0.25, 0.3) is 0 Å². The molecule has 0 spiro atoms. The standard InChI is InChI=1S/C14H9BrF2O/c1-8-4-9(2-3-13(8)15)14(18)10-5-11(16)7-12(17)6-10/h2-7H,1H3. The molecular formula is C14H9BrF2O. The summed E-state index contributed by atoms with van der Waals surface area (Å²) >= 11 is 3.33. The van der Waals surface area contributed by atoms with E-state index in [0.29, 0.717) is 5.56 Å². The van der Waals surface area contributed by atoms with Gasteiger partial charge in [-0.1, -0.05) is 15.9 Å². The molecule has 18 heavy (non-hydrogen) atoms. The van der Waals surface area contributed by atoms with Crippen molar-refractivity contribution in [1.29, 1.82) is 0 Å². The smallest absolute Gasteiger partial charge is 0.193 e. The largest absolute Gasteiger partial charge is 0.289 e. The summed E-state index contributed by atoms with van der Waals surface area (Å²) in [6, 6.07) is 7.82. The molecule has 92 valence electrons. The monoisotopic (exact) mass is 310 g/mol. The number of rotatable bonds is 2. The van der Waals surface area contributed by atoms with Gasteiger partial charge in [0.2, 0.25) is 0 Å². The van der Waals surface area contributed by atoms with Gasteiger partial charge in [-0.3, -0.25) is 4.79 Å². The summed E-state index contributed by atoms with van der Waals surface area (Å²) in [4.78, 5) is 12.1. The highest BCUT2D eigenvalue weighted by atomic mass is 79.9. The van der Waals surface area contributed by atoms with Crippen molar-refractivity contribution in [3.05, 3.63) is 69.2 Å². The minimum atomic E-state index is -0.757. The van der Waals surface area contributed by atoms with E-state index in [1.807, 2.05) is 6.92 Å². The summed E-state index contributed by atoms with van der Waals surface area (Å²) in [5.41, 5.74) is 1.30. The van der Waals surface area contributed by atoms with Crippen molar-refractivity contribution in [3.8, 4) is 0 Å². The number of carbonyl (C=O) groups excluding carboxylic acids is 1. The van der Waals surface area contributed by atoms with Crippen LogP contribution in [0.25, 0.3) is 0 Å². The van der Waals surface area contributed by atoms with Crippen molar-refractivity contribution >= 4 is 21.7 Å². The van der Waals surface area contributed by atoms with Crippen LogP contribution in [0.5, 0.6) is 0 Å². The first-order valence-electron chi connectivity index (χ1n) is 5.24. The van der Waals surface area contributed by atoms with Gasteiger partial charge in [-0.05, 0) is 42.8 Å². The summed E-state index contributed by atoms with van der Waals surface area (Å²) in [6.07, 6.45) is 0. The van der Waals surface area contributed by atoms with Crippen molar-refractivity contribution in [1.82, 2.24) is 0 Å². The van der Waals surface area contributed by atoms with Crippen LogP contribution < -0.4 is 0 Å². The van der Waals surface area contributed by atoms with E-state index in [9.17, 15) is 13.6 Å². The molecule has 0 fully saturated rings. The van der Waals surface area contributed by atoms with Crippen molar-refractivity contribution in [2.45, 2.75) is 6.92 Å². The van der Waals surface area contributed by atoms with Gasteiger partial charge in [-0.25, -0.2) is 8.78 Å². The predicted octanol–water partition coefficient (Wildman–Crippen LogP) is 4.27. The third kappa shape index (κ3) is 2.64. The quantitative estimate of drug-likeness (QED) is 0.757. The molecule has 0 aromatic heterocycles. The molecule has 0 bridgehead atoms. The van der Waals surface area contributed by atoms with Crippen LogP contribution in [0.15, 0.2) is 40.9 Å². The number of aryl methyl sites for hydroxylation is 1. The normalized spacial score (nSPS) is 10.4. The Bertz CT molecular complexity index is 603. The van der Waals surface area contributed by atoms with E-state index >= 15 is 0 Å². The molecule has 0 aliphatic carbocycles. The SMILES string of the molecule is Cc1cc(C(=O)c2cc(F)cc(F)c2)ccc1Br.